The van der Waals surface area contributed by atoms with Crippen LogP contribution < -0.4 is 0 Å². The summed E-state index contributed by atoms with van der Waals surface area (Å²) in [5.74, 6) is -0.828. The molecule has 0 atom stereocenters. The number of aliphatic carboxylic acids is 1. The molecule has 0 unspecified atom stereocenters. The van der Waals surface area contributed by atoms with Gasteiger partial charge in [0.05, 0.1) is 12.0 Å². The zero-order chi connectivity index (χ0) is 9.73. The Labute approximate surface area is 76.7 Å². The smallest absolute Gasteiger partial charge is 0.311 e. The maximum atomic E-state index is 11.0. The van der Waals surface area contributed by atoms with Crippen LogP contribution in [0.5, 0.6) is 0 Å². The molecule has 1 aliphatic carbocycles. The Morgan fingerprint density at radius 2 is 2.00 bits per heavy atom. The van der Waals surface area contributed by atoms with E-state index in [9.17, 15) is 9.59 Å². The Morgan fingerprint density at radius 1 is 1.38 bits per heavy atom. The van der Waals surface area contributed by atoms with Gasteiger partial charge in [-0.15, -0.1) is 0 Å². The zero-order valence-corrected chi connectivity index (χ0v) is 7.45. The highest BCUT2D eigenvalue weighted by Gasteiger charge is 2.39. The summed E-state index contributed by atoms with van der Waals surface area (Å²) in [6.07, 6.45) is 5.59. The van der Waals surface area contributed by atoms with E-state index < -0.39 is 11.4 Å². The van der Waals surface area contributed by atoms with Crippen LogP contribution in [-0.4, -0.2) is 23.7 Å². The van der Waals surface area contributed by atoms with Crippen molar-refractivity contribution >= 4 is 12.0 Å². The summed E-state index contributed by atoms with van der Waals surface area (Å²) in [4.78, 5) is 24.3. The third-order valence-corrected chi connectivity index (χ3v) is 2.71. The monoisotopic (exact) mass is 183 g/mol. The Kier molecular flexibility index (Phi) is 3.20. The molecule has 1 fully saturated rings. The predicted octanol–water partition coefficient (Wildman–Crippen LogP) is 1.36. The van der Waals surface area contributed by atoms with Crippen molar-refractivity contribution in [1.82, 2.24) is 0 Å². The number of carboxylic acid groups (broad SMARTS) is 1. The highest BCUT2D eigenvalue weighted by molar-refractivity contribution is 5.75. The van der Waals surface area contributed by atoms with Crippen LogP contribution in [0.15, 0.2) is 4.99 Å². The molecule has 4 heteroatoms. The number of hydrogen-bond acceptors (Lipinski definition) is 3. The largest absolute Gasteiger partial charge is 0.481 e. The third-order valence-electron chi connectivity index (χ3n) is 2.71. The molecule has 13 heavy (non-hydrogen) atoms. The summed E-state index contributed by atoms with van der Waals surface area (Å²) in [7, 11) is 0. The van der Waals surface area contributed by atoms with Gasteiger partial charge in [-0.05, 0) is 12.8 Å². The molecule has 0 spiro atoms. The van der Waals surface area contributed by atoms with Crippen LogP contribution in [0, 0.1) is 5.41 Å². The standard InChI is InChI=1S/C9H13NO3/c11-7-10-6-9(8(12)13)4-2-1-3-5-9/h1-6H2,(H,12,13). The van der Waals surface area contributed by atoms with Crippen LogP contribution in [0.25, 0.3) is 0 Å². The topological polar surface area (TPSA) is 66.7 Å². The summed E-state index contributed by atoms with van der Waals surface area (Å²) in [5.41, 5.74) is -0.782. The van der Waals surface area contributed by atoms with Gasteiger partial charge < -0.3 is 5.11 Å². The van der Waals surface area contributed by atoms with Crippen LogP contribution in [-0.2, 0) is 9.59 Å². The Hall–Kier alpha value is -1.15. The van der Waals surface area contributed by atoms with E-state index in [4.69, 9.17) is 5.11 Å². The quantitative estimate of drug-likeness (QED) is 0.530. The molecule has 0 bridgehead atoms. The second-order valence-corrected chi connectivity index (χ2v) is 3.55. The molecule has 1 rings (SSSR count). The first-order valence-corrected chi connectivity index (χ1v) is 4.48. The third kappa shape index (κ3) is 2.16. The van der Waals surface area contributed by atoms with Crippen molar-refractivity contribution in [3.63, 3.8) is 0 Å². The first kappa shape index (κ1) is 9.93. The number of aliphatic imine (C=N–C) groups is 1. The van der Waals surface area contributed by atoms with Gasteiger partial charge in [0, 0.05) is 0 Å². The summed E-state index contributed by atoms with van der Waals surface area (Å²) < 4.78 is 0. The lowest BCUT2D eigenvalue weighted by Crippen LogP contribution is -2.36. The van der Waals surface area contributed by atoms with Gasteiger partial charge in [0.2, 0.25) is 6.08 Å². The molecule has 0 heterocycles. The van der Waals surface area contributed by atoms with Gasteiger partial charge >= 0.3 is 5.97 Å². The van der Waals surface area contributed by atoms with E-state index in [1.165, 1.54) is 6.08 Å². The number of hydrogen-bond donors (Lipinski definition) is 1. The Balaban J connectivity index is 2.72. The number of isocyanates is 1. The average molecular weight is 183 g/mol. The predicted molar refractivity (Wildman–Crippen MR) is 46.1 cm³/mol. The summed E-state index contributed by atoms with van der Waals surface area (Å²) in [6.45, 7) is 0.0891. The van der Waals surface area contributed by atoms with Crippen molar-refractivity contribution in [1.29, 1.82) is 0 Å². The molecule has 72 valence electrons. The average Bonchev–Trinajstić information content (AvgIpc) is 2.16. The fourth-order valence-electron chi connectivity index (χ4n) is 1.85. The lowest BCUT2D eigenvalue weighted by Gasteiger charge is -2.30. The van der Waals surface area contributed by atoms with Crippen LogP contribution in [0.1, 0.15) is 32.1 Å². The van der Waals surface area contributed by atoms with Crippen LogP contribution in [0.3, 0.4) is 0 Å². The zero-order valence-electron chi connectivity index (χ0n) is 7.45. The number of rotatable bonds is 3. The van der Waals surface area contributed by atoms with E-state index >= 15 is 0 Å². The van der Waals surface area contributed by atoms with Crippen molar-refractivity contribution in [2.45, 2.75) is 32.1 Å². The highest BCUT2D eigenvalue weighted by Crippen LogP contribution is 2.36. The van der Waals surface area contributed by atoms with Gasteiger partial charge in [0.1, 0.15) is 0 Å². The molecule has 0 amide bonds. The molecule has 1 aliphatic rings. The van der Waals surface area contributed by atoms with E-state index in [0.717, 1.165) is 19.3 Å². The van der Waals surface area contributed by atoms with Crippen molar-refractivity contribution in [2.75, 3.05) is 6.54 Å². The molecule has 0 saturated heterocycles. The van der Waals surface area contributed by atoms with Gasteiger partial charge in [-0.25, -0.2) is 9.79 Å². The van der Waals surface area contributed by atoms with Gasteiger partial charge in [0.15, 0.2) is 0 Å². The van der Waals surface area contributed by atoms with Crippen LogP contribution >= 0.6 is 0 Å². The van der Waals surface area contributed by atoms with Crippen molar-refractivity contribution in [3.05, 3.63) is 0 Å². The summed E-state index contributed by atoms with van der Waals surface area (Å²) in [6, 6.07) is 0. The lowest BCUT2D eigenvalue weighted by molar-refractivity contribution is -0.150. The first-order valence-electron chi connectivity index (χ1n) is 4.48. The maximum absolute atomic E-state index is 11.0. The number of carbonyl (C=O) groups excluding carboxylic acids is 1. The molecule has 0 aromatic heterocycles. The second-order valence-electron chi connectivity index (χ2n) is 3.55. The molecule has 0 radical (unpaired) electrons. The molecule has 4 nitrogen and oxygen atoms in total. The number of carbonyl (C=O) groups is 1. The molecule has 1 saturated carbocycles. The molecule has 0 aromatic rings. The SMILES string of the molecule is O=C=NCC1(C(=O)O)CCCCC1. The lowest BCUT2D eigenvalue weighted by atomic mass is 9.74. The molecule has 0 aliphatic heterocycles. The van der Waals surface area contributed by atoms with E-state index in [-0.39, 0.29) is 6.54 Å². The molecular formula is C9H13NO3. The summed E-state index contributed by atoms with van der Waals surface area (Å²) >= 11 is 0. The number of carboxylic acids is 1. The van der Waals surface area contributed by atoms with E-state index in [2.05, 4.69) is 4.99 Å². The fourth-order valence-corrected chi connectivity index (χ4v) is 1.85. The van der Waals surface area contributed by atoms with Crippen molar-refractivity contribution in [3.8, 4) is 0 Å². The molecule has 0 aromatic carbocycles. The second kappa shape index (κ2) is 4.19. The van der Waals surface area contributed by atoms with E-state index in [1.807, 2.05) is 0 Å². The molecular weight excluding hydrogens is 170 g/mol. The first-order chi connectivity index (χ1) is 6.21. The minimum atomic E-state index is -0.828. The molecule has 1 N–H and O–H groups in total. The minimum Gasteiger partial charge on any atom is -0.481 e. The normalized spacial score (nSPS) is 20.3. The minimum absolute atomic E-state index is 0.0891. The Bertz CT molecular complexity index is 237. The van der Waals surface area contributed by atoms with Gasteiger partial charge in [-0.1, -0.05) is 19.3 Å². The van der Waals surface area contributed by atoms with E-state index in [0.29, 0.717) is 12.8 Å². The van der Waals surface area contributed by atoms with Crippen LogP contribution in [0.2, 0.25) is 0 Å². The van der Waals surface area contributed by atoms with Crippen molar-refractivity contribution in [2.24, 2.45) is 10.4 Å². The van der Waals surface area contributed by atoms with Gasteiger partial charge in [-0.3, -0.25) is 4.79 Å². The fraction of sp³-hybridized carbons (Fsp3) is 0.778. The number of nitrogens with zero attached hydrogens (tertiary/aromatic N) is 1. The maximum Gasteiger partial charge on any atom is 0.311 e. The highest BCUT2D eigenvalue weighted by atomic mass is 16.4. The summed E-state index contributed by atoms with van der Waals surface area (Å²) in [5, 5.41) is 9.03. The van der Waals surface area contributed by atoms with Crippen molar-refractivity contribution < 1.29 is 14.7 Å². The van der Waals surface area contributed by atoms with Gasteiger partial charge in [-0.2, -0.15) is 0 Å². The van der Waals surface area contributed by atoms with E-state index in [1.54, 1.807) is 0 Å². The Morgan fingerprint density at radius 3 is 2.46 bits per heavy atom. The van der Waals surface area contributed by atoms with Crippen LogP contribution in [0.4, 0.5) is 0 Å². The van der Waals surface area contributed by atoms with Gasteiger partial charge in [0.25, 0.3) is 0 Å².